The fourth-order valence-corrected chi connectivity index (χ4v) is 4.32. The van der Waals surface area contributed by atoms with Crippen LogP contribution in [0.1, 0.15) is 48.9 Å². The lowest BCUT2D eigenvalue weighted by Gasteiger charge is -2.34. The Labute approximate surface area is 177 Å². The van der Waals surface area contributed by atoms with E-state index in [4.69, 9.17) is 0 Å². The molecular weight excluding hydrogens is 378 g/mol. The third-order valence-electron chi connectivity index (χ3n) is 6.08. The van der Waals surface area contributed by atoms with Crippen LogP contribution in [0.4, 0.5) is 5.95 Å². The van der Waals surface area contributed by atoms with E-state index in [1.54, 1.807) is 23.4 Å². The van der Waals surface area contributed by atoms with Crippen LogP contribution >= 0.6 is 0 Å². The molecule has 2 amide bonds. The molecular formula is C23H29N5O2. The topological polar surface area (TPSA) is 78.4 Å². The normalized spacial score (nSPS) is 17.2. The molecule has 1 unspecified atom stereocenters. The van der Waals surface area contributed by atoms with Gasteiger partial charge in [0.2, 0.25) is 5.95 Å². The Morgan fingerprint density at radius 2 is 1.73 bits per heavy atom. The van der Waals surface area contributed by atoms with Crippen molar-refractivity contribution in [1.82, 2.24) is 20.2 Å². The zero-order valence-electron chi connectivity index (χ0n) is 17.5. The van der Waals surface area contributed by atoms with Gasteiger partial charge >= 0.3 is 11.8 Å². The van der Waals surface area contributed by atoms with E-state index in [0.29, 0.717) is 32.1 Å². The Balaban J connectivity index is 1.35. The highest BCUT2D eigenvalue weighted by atomic mass is 16.2. The largest absolute Gasteiger partial charge is 0.341 e. The molecule has 0 radical (unpaired) electrons. The molecule has 2 aliphatic rings. The van der Waals surface area contributed by atoms with E-state index in [1.165, 1.54) is 24.0 Å². The number of aromatic nitrogens is 2. The van der Waals surface area contributed by atoms with Gasteiger partial charge in [0.05, 0.1) is 6.04 Å². The molecule has 1 fully saturated rings. The van der Waals surface area contributed by atoms with Gasteiger partial charge in [-0.25, -0.2) is 9.97 Å². The van der Waals surface area contributed by atoms with E-state index in [2.05, 4.69) is 33.5 Å². The Hall–Kier alpha value is -2.96. The summed E-state index contributed by atoms with van der Waals surface area (Å²) in [5.41, 5.74) is 3.89. The van der Waals surface area contributed by atoms with Crippen LogP contribution in [-0.4, -0.2) is 52.9 Å². The first-order valence-corrected chi connectivity index (χ1v) is 10.9. The van der Waals surface area contributed by atoms with Gasteiger partial charge < -0.3 is 15.1 Å². The SMILES string of the molecule is CCC(NC(=O)C(=O)N1CCN(c2ncccn2)CC1)c1ccc2c(c1)CCCC2. The van der Waals surface area contributed by atoms with Gasteiger partial charge in [0.1, 0.15) is 0 Å². The minimum atomic E-state index is -0.524. The first kappa shape index (κ1) is 20.3. The number of aryl methyl sites for hydroxylation is 2. The number of rotatable bonds is 4. The number of carbonyl (C=O) groups is 2. The van der Waals surface area contributed by atoms with Gasteiger partial charge in [-0.3, -0.25) is 9.59 Å². The molecule has 7 nitrogen and oxygen atoms in total. The zero-order valence-corrected chi connectivity index (χ0v) is 17.5. The highest BCUT2D eigenvalue weighted by Gasteiger charge is 2.28. The number of benzene rings is 1. The molecule has 1 aromatic carbocycles. The van der Waals surface area contributed by atoms with Gasteiger partial charge in [-0.05, 0) is 54.9 Å². The third kappa shape index (κ3) is 4.45. The zero-order chi connectivity index (χ0) is 20.9. The predicted molar refractivity (Wildman–Crippen MR) is 115 cm³/mol. The van der Waals surface area contributed by atoms with E-state index in [9.17, 15) is 9.59 Å². The van der Waals surface area contributed by atoms with Crippen LogP contribution in [0.5, 0.6) is 0 Å². The Morgan fingerprint density at radius 3 is 2.43 bits per heavy atom. The summed E-state index contributed by atoms with van der Waals surface area (Å²) in [5, 5.41) is 2.96. The number of fused-ring (bicyclic) bond motifs is 1. The molecule has 158 valence electrons. The minimum Gasteiger partial charge on any atom is -0.341 e. The summed E-state index contributed by atoms with van der Waals surface area (Å²) in [5.74, 6) is -0.323. The van der Waals surface area contributed by atoms with Crippen LogP contribution in [0, 0.1) is 0 Å². The van der Waals surface area contributed by atoms with E-state index in [1.807, 2.05) is 11.8 Å². The van der Waals surface area contributed by atoms with Crippen LogP contribution < -0.4 is 10.2 Å². The van der Waals surface area contributed by atoms with Crippen LogP contribution in [-0.2, 0) is 22.4 Å². The maximum absolute atomic E-state index is 12.7. The van der Waals surface area contributed by atoms with Gasteiger partial charge in [0.25, 0.3) is 0 Å². The van der Waals surface area contributed by atoms with Crippen molar-refractivity contribution in [3.05, 3.63) is 53.3 Å². The van der Waals surface area contributed by atoms with E-state index >= 15 is 0 Å². The monoisotopic (exact) mass is 407 g/mol. The summed E-state index contributed by atoms with van der Waals surface area (Å²) < 4.78 is 0. The lowest BCUT2D eigenvalue weighted by atomic mass is 9.89. The molecule has 0 bridgehead atoms. The summed E-state index contributed by atoms with van der Waals surface area (Å²) in [6.07, 6.45) is 8.87. The van der Waals surface area contributed by atoms with Crippen molar-refractivity contribution < 1.29 is 9.59 Å². The maximum atomic E-state index is 12.7. The quantitative estimate of drug-likeness (QED) is 0.787. The smallest absolute Gasteiger partial charge is 0.312 e. The number of carbonyl (C=O) groups excluding carboxylic acids is 2. The van der Waals surface area contributed by atoms with Crippen molar-refractivity contribution in [3.8, 4) is 0 Å². The number of nitrogens with one attached hydrogen (secondary N) is 1. The van der Waals surface area contributed by atoms with Crippen molar-refractivity contribution in [3.63, 3.8) is 0 Å². The molecule has 1 aliphatic carbocycles. The van der Waals surface area contributed by atoms with Gasteiger partial charge in [0, 0.05) is 38.6 Å². The van der Waals surface area contributed by atoms with Crippen LogP contribution in [0.15, 0.2) is 36.7 Å². The average molecular weight is 408 g/mol. The van der Waals surface area contributed by atoms with Crippen molar-refractivity contribution in [2.75, 3.05) is 31.1 Å². The summed E-state index contributed by atoms with van der Waals surface area (Å²) in [6.45, 7) is 4.24. The molecule has 1 aliphatic heterocycles. The Kier molecular flexibility index (Phi) is 6.26. The van der Waals surface area contributed by atoms with Gasteiger partial charge in [0.15, 0.2) is 0 Å². The highest BCUT2D eigenvalue weighted by molar-refractivity contribution is 6.35. The Bertz CT molecular complexity index is 894. The second-order valence-corrected chi connectivity index (χ2v) is 8.00. The second kappa shape index (κ2) is 9.24. The molecule has 1 atom stereocenters. The third-order valence-corrected chi connectivity index (χ3v) is 6.08. The van der Waals surface area contributed by atoms with Gasteiger partial charge in [-0.1, -0.05) is 25.1 Å². The molecule has 1 saturated heterocycles. The summed E-state index contributed by atoms with van der Waals surface area (Å²) in [4.78, 5) is 37.6. The lowest BCUT2D eigenvalue weighted by molar-refractivity contribution is -0.146. The standard InChI is InChI=1S/C23H29N5O2/c1-2-20(19-9-8-17-6-3-4-7-18(17)16-19)26-21(29)22(30)27-12-14-28(15-13-27)23-24-10-5-11-25-23/h5,8-11,16,20H,2-4,6-7,12-15H2,1H3,(H,26,29). The second-order valence-electron chi connectivity index (χ2n) is 8.00. The van der Waals surface area contributed by atoms with E-state index in [0.717, 1.165) is 24.8 Å². The van der Waals surface area contributed by atoms with Gasteiger partial charge in [-0.2, -0.15) is 0 Å². The molecule has 2 aromatic rings. The summed E-state index contributed by atoms with van der Waals surface area (Å²) in [6, 6.07) is 8.13. The lowest BCUT2D eigenvalue weighted by Crippen LogP contribution is -2.53. The van der Waals surface area contributed by atoms with Crippen LogP contribution in [0.25, 0.3) is 0 Å². The molecule has 1 aromatic heterocycles. The number of piperazine rings is 1. The van der Waals surface area contributed by atoms with E-state index < -0.39 is 11.8 Å². The fourth-order valence-electron chi connectivity index (χ4n) is 4.32. The molecule has 7 heteroatoms. The van der Waals surface area contributed by atoms with Crippen molar-refractivity contribution in [2.24, 2.45) is 0 Å². The number of hydrogen-bond acceptors (Lipinski definition) is 5. The average Bonchev–Trinajstić information content (AvgIpc) is 2.82. The number of amides is 2. The Morgan fingerprint density at radius 1 is 1.03 bits per heavy atom. The molecule has 30 heavy (non-hydrogen) atoms. The molecule has 1 N–H and O–H groups in total. The first-order chi connectivity index (χ1) is 14.7. The molecule has 0 spiro atoms. The van der Waals surface area contributed by atoms with Crippen molar-refractivity contribution >= 4 is 17.8 Å². The maximum Gasteiger partial charge on any atom is 0.312 e. The van der Waals surface area contributed by atoms with Crippen LogP contribution in [0.3, 0.4) is 0 Å². The van der Waals surface area contributed by atoms with Crippen LogP contribution in [0.2, 0.25) is 0 Å². The predicted octanol–water partition coefficient (Wildman–Crippen LogP) is 2.27. The minimum absolute atomic E-state index is 0.146. The van der Waals surface area contributed by atoms with Crippen molar-refractivity contribution in [2.45, 2.75) is 45.1 Å². The number of nitrogens with zero attached hydrogens (tertiary/aromatic N) is 4. The summed E-state index contributed by atoms with van der Waals surface area (Å²) in [7, 11) is 0. The number of anilines is 1. The van der Waals surface area contributed by atoms with Gasteiger partial charge in [-0.15, -0.1) is 0 Å². The highest BCUT2D eigenvalue weighted by Crippen LogP contribution is 2.26. The fraction of sp³-hybridized carbons (Fsp3) is 0.478. The molecule has 0 saturated carbocycles. The van der Waals surface area contributed by atoms with E-state index in [-0.39, 0.29) is 6.04 Å². The molecule has 2 heterocycles. The molecule has 4 rings (SSSR count). The summed E-state index contributed by atoms with van der Waals surface area (Å²) >= 11 is 0. The first-order valence-electron chi connectivity index (χ1n) is 10.9. The van der Waals surface area contributed by atoms with Crippen molar-refractivity contribution in [1.29, 1.82) is 0 Å². The number of hydrogen-bond donors (Lipinski definition) is 1.